The lowest BCUT2D eigenvalue weighted by molar-refractivity contribution is 0.384. The fourth-order valence-electron chi connectivity index (χ4n) is 2.47. The van der Waals surface area contributed by atoms with E-state index in [9.17, 15) is 8.42 Å². The summed E-state index contributed by atoms with van der Waals surface area (Å²) in [5.41, 5.74) is 0.971. The average Bonchev–Trinajstić information content (AvgIpc) is 3.02. The van der Waals surface area contributed by atoms with E-state index in [4.69, 9.17) is 0 Å². The topological polar surface area (TPSA) is 69.6 Å². The Morgan fingerprint density at radius 2 is 1.92 bits per heavy atom. The summed E-state index contributed by atoms with van der Waals surface area (Å²) in [6.45, 7) is 2.06. The van der Waals surface area contributed by atoms with E-state index in [0.717, 1.165) is 15.3 Å². The van der Waals surface area contributed by atoms with E-state index in [1.54, 1.807) is 18.3 Å². The van der Waals surface area contributed by atoms with Crippen molar-refractivity contribution in [2.24, 2.45) is 0 Å². The molecule has 0 saturated carbocycles. The van der Waals surface area contributed by atoms with Gasteiger partial charge >= 0.3 is 0 Å². The Bertz CT molecular complexity index is 816. The van der Waals surface area contributed by atoms with Gasteiger partial charge in [0.15, 0.2) is 5.82 Å². The van der Waals surface area contributed by atoms with Crippen molar-refractivity contribution in [3.05, 3.63) is 28.2 Å². The molecule has 1 saturated heterocycles. The van der Waals surface area contributed by atoms with Crippen LogP contribution in [-0.4, -0.2) is 63.2 Å². The van der Waals surface area contributed by atoms with Gasteiger partial charge in [-0.05, 0) is 28.1 Å². The van der Waals surface area contributed by atoms with Crippen LogP contribution in [0.15, 0.2) is 32.4 Å². The van der Waals surface area contributed by atoms with E-state index in [1.165, 1.54) is 15.6 Å². The SMILES string of the molecule is CN(C)c1cnnc(N2CCN(S(=O)(=O)c3ccc(Br)s3)CC2)c1. The van der Waals surface area contributed by atoms with Gasteiger partial charge < -0.3 is 9.80 Å². The second-order valence-electron chi connectivity index (χ2n) is 5.62. The Balaban J connectivity index is 1.71. The van der Waals surface area contributed by atoms with E-state index >= 15 is 0 Å². The number of halogens is 1. The molecule has 0 N–H and O–H groups in total. The van der Waals surface area contributed by atoms with E-state index < -0.39 is 10.0 Å². The first-order chi connectivity index (χ1) is 11.4. The number of hydrogen-bond acceptors (Lipinski definition) is 7. The maximum Gasteiger partial charge on any atom is 0.252 e. The molecule has 2 aromatic heterocycles. The molecule has 1 aliphatic heterocycles. The lowest BCUT2D eigenvalue weighted by Gasteiger charge is -2.34. The first kappa shape index (κ1) is 17.6. The number of piperazine rings is 1. The summed E-state index contributed by atoms with van der Waals surface area (Å²) >= 11 is 4.55. The van der Waals surface area contributed by atoms with Gasteiger partial charge in [-0.1, -0.05) is 0 Å². The molecule has 2 aromatic rings. The lowest BCUT2D eigenvalue weighted by atomic mass is 10.3. The maximum atomic E-state index is 12.6. The first-order valence-corrected chi connectivity index (χ1v) is 10.4. The molecule has 3 rings (SSSR count). The lowest BCUT2D eigenvalue weighted by Crippen LogP contribution is -2.48. The third-order valence-corrected chi connectivity index (χ3v) is 7.84. The van der Waals surface area contributed by atoms with Crippen molar-refractivity contribution < 1.29 is 8.42 Å². The van der Waals surface area contributed by atoms with Gasteiger partial charge in [-0.2, -0.15) is 9.40 Å². The Kier molecular flexibility index (Phi) is 5.09. The fourth-order valence-corrected chi connectivity index (χ4v) is 6.05. The zero-order valence-corrected chi connectivity index (χ0v) is 16.6. The summed E-state index contributed by atoms with van der Waals surface area (Å²) in [6, 6.07) is 5.37. The molecule has 24 heavy (non-hydrogen) atoms. The van der Waals surface area contributed by atoms with E-state index in [-0.39, 0.29) is 0 Å². The molecule has 0 atom stereocenters. The Labute approximate surface area is 154 Å². The molecule has 7 nitrogen and oxygen atoms in total. The van der Waals surface area contributed by atoms with Gasteiger partial charge in [0.05, 0.1) is 15.7 Å². The molecule has 1 aliphatic rings. The zero-order valence-electron chi connectivity index (χ0n) is 13.4. The van der Waals surface area contributed by atoms with Gasteiger partial charge in [0.25, 0.3) is 10.0 Å². The van der Waals surface area contributed by atoms with Crippen LogP contribution in [-0.2, 0) is 10.0 Å². The van der Waals surface area contributed by atoms with Crippen LogP contribution in [0.3, 0.4) is 0 Å². The van der Waals surface area contributed by atoms with E-state index in [0.29, 0.717) is 30.4 Å². The Hall–Kier alpha value is -1.23. The molecule has 10 heteroatoms. The molecule has 0 amide bonds. The van der Waals surface area contributed by atoms with E-state index in [2.05, 4.69) is 31.0 Å². The third kappa shape index (κ3) is 3.56. The zero-order chi connectivity index (χ0) is 17.3. The summed E-state index contributed by atoms with van der Waals surface area (Å²) < 4.78 is 28.0. The molecule has 130 valence electrons. The van der Waals surface area contributed by atoms with Crippen molar-refractivity contribution in [1.82, 2.24) is 14.5 Å². The minimum atomic E-state index is -3.42. The maximum absolute atomic E-state index is 12.6. The van der Waals surface area contributed by atoms with Crippen LogP contribution < -0.4 is 9.80 Å². The van der Waals surface area contributed by atoms with Gasteiger partial charge in [-0.25, -0.2) is 8.42 Å². The Morgan fingerprint density at radius 1 is 1.21 bits per heavy atom. The largest absolute Gasteiger partial charge is 0.376 e. The fraction of sp³-hybridized carbons (Fsp3) is 0.429. The predicted octanol–water partition coefficient (Wildman–Crippen LogP) is 1.88. The summed E-state index contributed by atoms with van der Waals surface area (Å²) in [5.74, 6) is 0.775. The van der Waals surface area contributed by atoms with Crippen molar-refractivity contribution in [3.8, 4) is 0 Å². The second-order valence-corrected chi connectivity index (χ2v) is 10.2. The average molecular weight is 432 g/mol. The van der Waals surface area contributed by atoms with Crippen LogP contribution >= 0.6 is 27.3 Å². The molecular weight excluding hydrogens is 414 g/mol. The Morgan fingerprint density at radius 3 is 2.50 bits per heavy atom. The molecule has 0 aliphatic carbocycles. The van der Waals surface area contributed by atoms with Gasteiger partial charge in [-0.3, -0.25) is 0 Å². The van der Waals surface area contributed by atoms with Crippen LogP contribution in [0, 0.1) is 0 Å². The summed E-state index contributed by atoms with van der Waals surface area (Å²) in [5, 5.41) is 8.20. The monoisotopic (exact) mass is 431 g/mol. The molecule has 0 unspecified atom stereocenters. The van der Waals surface area contributed by atoms with Crippen LogP contribution in [0.25, 0.3) is 0 Å². The second kappa shape index (κ2) is 6.95. The smallest absolute Gasteiger partial charge is 0.252 e. The molecule has 1 fully saturated rings. The third-order valence-electron chi connectivity index (χ3n) is 3.85. The number of thiophene rings is 1. The first-order valence-electron chi connectivity index (χ1n) is 7.38. The number of anilines is 2. The van der Waals surface area contributed by atoms with Crippen LogP contribution in [0.4, 0.5) is 11.5 Å². The molecular formula is C14H18BrN5O2S2. The molecule has 0 spiro atoms. The predicted molar refractivity (Wildman–Crippen MR) is 99.3 cm³/mol. The highest BCUT2D eigenvalue weighted by molar-refractivity contribution is 9.11. The highest BCUT2D eigenvalue weighted by atomic mass is 79.9. The highest BCUT2D eigenvalue weighted by Gasteiger charge is 2.30. The number of sulfonamides is 1. The van der Waals surface area contributed by atoms with Crippen LogP contribution in [0.1, 0.15) is 0 Å². The minimum Gasteiger partial charge on any atom is -0.376 e. The number of aromatic nitrogens is 2. The van der Waals surface area contributed by atoms with Gasteiger partial charge in [-0.15, -0.1) is 16.4 Å². The van der Waals surface area contributed by atoms with E-state index in [1.807, 2.05) is 25.1 Å². The van der Waals surface area contributed by atoms with Crippen molar-refractivity contribution >= 4 is 48.8 Å². The molecule has 0 aromatic carbocycles. The number of nitrogens with zero attached hydrogens (tertiary/aromatic N) is 5. The summed E-state index contributed by atoms with van der Waals surface area (Å²) in [6.07, 6.45) is 1.71. The summed E-state index contributed by atoms with van der Waals surface area (Å²) in [7, 11) is 0.480. The van der Waals surface area contributed by atoms with Crippen molar-refractivity contribution in [2.75, 3.05) is 50.1 Å². The van der Waals surface area contributed by atoms with Crippen LogP contribution in [0.2, 0.25) is 0 Å². The number of hydrogen-bond donors (Lipinski definition) is 0. The van der Waals surface area contributed by atoms with Gasteiger partial charge in [0, 0.05) is 46.3 Å². The normalized spacial score (nSPS) is 16.4. The summed E-state index contributed by atoms with van der Waals surface area (Å²) in [4.78, 5) is 4.03. The number of rotatable bonds is 4. The van der Waals surface area contributed by atoms with Crippen molar-refractivity contribution in [3.63, 3.8) is 0 Å². The molecule has 3 heterocycles. The van der Waals surface area contributed by atoms with Crippen molar-refractivity contribution in [1.29, 1.82) is 0 Å². The quantitative estimate of drug-likeness (QED) is 0.735. The highest BCUT2D eigenvalue weighted by Crippen LogP contribution is 2.29. The van der Waals surface area contributed by atoms with Gasteiger partial charge in [0.2, 0.25) is 0 Å². The minimum absolute atomic E-state index is 0.372. The molecule has 0 radical (unpaired) electrons. The van der Waals surface area contributed by atoms with Crippen LogP contribution in [0.5, 0.6) is 0 Å². The van der Waals surface area contributed by atoms with Gasteiger partial charge in [0.1, 0.15) is 4.21 Å². The van der Waals surface area contributed by atoms with Crippen molar-refractivity contribution in [2.45, 2.75) is 4.21 Å². The standard InChI is InChI=1S/C14H18BrN5O2S2/c1-18(2)11-9-13(17-16-10-11)19-5-7-20(8-6-19)24(21,22)14-4-3-12(15)23-14/h3-4,9-10H,5-8H2,1-2H3. The molecule has 0 bridgehead atoms.